The second kappa shape index (κ2) is 10.8. The van der Waals surface area contributed by atoms with E-state index >= 15 is 0 Å². The fourth-order valence-corrected chi connectivity index (χ4v) is 3.19. The van der Waals surface area contributed by atoms with Crippen molar-refractivity contribution in [3.8, 4) is 5.75 Å². The molecule has 0 bridgehead atoms. The number of urea groups is 1. The van der Waals surface area contributed by atoms with Gasteiger partial charge in [0.05, 0.1) is 7.11 Å². The van der Waals surface area contributed by atoms with Crippen LogP contribution in [0.4, 0.5) is 14.9 Å². The van der Waals surface area contributed by atoms with Crippen LogP contribution in [-0.4, -0.2) is 51.0 Å². The zero-order valence-electron chi connectivity index (χ0n) is 16.6. The first-order valence-corrected chi connectivity index (χ1v) is 9.46. The second-order valence-corrected chi connectivity index (χ2v) is 7.31. The molecule has 2 aromatic rings. The molecule has 0 aromatic heterocycles. The maximum atomic E-state index is 14.7. The van der Waals surface area contributed by atoms with Gasteiger partial charge in [0.15, 0.2) is 0 Å². The predicted octanol–water partition coefficient (Wildman–Crippen LogP) is 3.91. The predicted molar refractivity (Wildman–Crippen MR) is 112 cm³/mol. The Balaban J connectivity index is 2.25. The molecule has 2 atom stereocenters. The SMILES string of the molecule is COc1ccc(C(CN(C)C)C(CC=O)NC(=O)Nc2ccc(Cl)cc2)c(F)c1. The minimum absolute atomic E-state index is 0.0397. The van der Waals surface area contributed by atoms with E-state index in [-0.39, 0.29) is 6.42 Å². The summed E-state index contributed by atoms with van der Waals surface area (Å²) in [4.78, 5) is 25.7. The molecule has 0 aliphatic rings. The van der Waals surface area contributed by atoms with Gasteiger partial charge in [-0.15, -0.1) is 0 Å². The smallest absolute Gasteiger partial charge is 0.319 e. The number of hydrogen-bond donors (Lipinski definition) is 2. The van der Waals surface area contributed by atoms with E-state index in [1.165, 1.54) is 13.2 Å². The number of rotatable bonds is 9. The molecule has 2 amide bonds. The average molecular weight is 422 g/mol. The van der Waals surface area contributed by atoms with Gasteiger partial charge in [-0.2, -0.15) is 0 Å². The largest absolute Gasteiger partial charge is 0.497 e. The Morgan fingerprint density at radius 3 is 2.48 bits per heavy atom. The maximum absolute atomic E-state index is 14.7. The minimum atomic E-state index is -0.606. The monoisotopic (exact) mass is 421 g/mol. The number of ether oxygens (including phenoxy) is 1. The lowest BCUT2D eigenvalue weighted by Gasteiger charge is -2.30. The van der Waals surface area contributed by atoms with E-state index in [0.29, 0.717) is 28.6 Å². The van der Waals surface area contributed by atoms with Crippen LogP contribution >= 0.6 is 11.6 Å². The summed E-state index contributed by atoms with van der Waals surface area (Å²) in [5.41, 5.74) is 0.953. The van der Waals surface area contributed by atoms with Crippen LogP contribution in [0.15, 0.2) is 42.5 Å². The molecule has 6 nitrogen and oxygen atoms in total. The Morgan fingerprint density at radius 1 is 1.24 bits per heavy atom. The molecule has 29 heavy (non-hydrogen) atoms. The zero-order valence-corrected chi connectivity index (χ0v) is 17.4. The number of halogens is 2. The van der Waals surface area contributed by atoms with Crippen LogP contribution in [0.1, 0.15) is 17.9 Å². The van der Waals surface area contributed by atoms with Crippen molar-refractivity contribution in [3.63, 3.8) is 0 Å². The van der Waals surface area contributed by atoms with E-state index in [1.54, 1.807) is 36.4 Å². The summed E-state index contributed by atoms with van der Waals surface area (Å²) in [5, 5.41) is 6.05. The fourth-order valence-electron chi connectivity index (χ4n) is 3.07. The van der Waals surface area contributed by atoms with Gasteiger partial charge in [-0.25, -0.2) is 9.18 Å². The number of anilines is 1. The van der Waals surface area contributed by atoms with Gasteiger partial charge in [-0.1, -0.05) is 17.7 Å². The summed E-state index contributed by atoms with van der Waals surface area (Å²) >= 11 is 5.85. The number of benzene rings is 2. The number of methoxy groups -OCH3 is 1. The quantitative estimate of drug-likeness (QED) is 0.602. The molecule has 0 aliphatic heterocycles. The van der Waals surface area contributed by atoms with Crippen molar-refractivity contribution in [2.45, 2.75) is 18.4 Å². The first-order chi connectivity index (χ1) is 13.8. The number of amides is 2. The lowest BCUT2D eigenvalue weighted by Crippen LogP contribution is -2.44. The van der Waals surface area contributed by atoms with Crippen LogP contribution in [0.5, 0.6) is 5.75 Å². The van der Waals surface area contributed by atoms with E-state index in [0.717, 1.165) is 6.29 Å². The summed E-state index contributed by atoms with van der Waals surface area (Å²) in [7, 11) is 5.16. The Kier molecular flexibility index (Phi) is 8.42. The third-order valence-electron chi connectivity index (χ3n) is 4.42. The van der Waals surface area contributed by atoms with Gasteiger partial charge < -0.3 is 25.1 Å². The molecule has 2 aromatic carbocycles. The highest BCUT2D eigenvalue weighted by molar-refractivity contribution is 6.30. The number of hydrogen-bond acceptors (Lipinski definition) is 4. The molecule has 0 saturated carbocycles. The molecule has 0 spiro atoms. The van der Waals surface area contributed by atoms with Gasteiger partial charge in [-0.3, -0.25) is 0 Å². The topological polar surface area (TPSA) is 70.7 Å². The lowest BCUT2D eigenvalue weighted by atomic mass is 9.88. The summed E-state index contributed by atoms with van der Waals surface area (Å²) in [5.74, 6) is -0.501. The van der Waals surface area contributed by atoms with Crippen molar-refractivity contribution in [1.82, 2.24) is 10.2 Å². The van der Waals surface area contributed by atoms with Gasteiger partial charge in [0, 0.05) is 41.7 Å². The highest BCUT2D eigenvalue weighted by Crippen LogP contribution is 2.28. The summed E-state index contributed by atoms with van der Waals surface area (Å²) in [6, 6.07) is 10.1. The Hall–Kier alpha value is -2.64. The van der Waals surface area contributed by atoms with Crippen LogP contribution in [0.3, 0.4) is 0 Å². The number of nitrogens with zero attached hydrogens (tertiary/aromatic N) is 1. The number of aldehydes is 1. The van der Waals surface area contributed by atoms with Crippen molar-refractivity contribution in [3.05, 3.63) is 58.9 Å². The summed E-state index contributed by atoms with van der Waals surface area (Å²) < 4.78 is 19.8. The van der Waals surface area contributed by atoms with Gasteiger partial charge in [0.1, 0.15) is 17.9 Å². The van der Waals surface area contributed by atoms with Crippen LogP contribution in [0.2, 0.25) is 5.02 Å². The third kappa shape index (κ3) is 6.73. The van der Waals surface area contributed by atoms with Crippen LogP contribution < -0.4 is 15.4 Å². The molecular weight excluding hydrogens is 397 g/mol. The number of nitrogens with one attached hydrogen (secondary N) is 2. The first kappa shape index (κ1) is 22.6. The maximum Gasteiger partial charge on any atom is 0.319 e. The minimum Gasteiger partial charge on any atom is -0.497 e. The highest BCUT2D eigenvalue weighted by Gasteiger charge is 2.28. The van der Waals surface area contributed by atoms with Gasteiger partial charge >= 0.3 is 6.03 Å². The average Bonchev–Trinajstić information content (AvgIpc) is 2.67. The summed E-state index contributed by atoms with van der Waals surface area (Å²) in [6.07, 6.45) is 0.759. The fraction of sp³-hybridized carbons (Fsp3) is 0.333. The zero-order chi connectivity index (χ0) is 21.4. The molecule has 2 unspecified atom stereocenters. The van der Waals surface area contributed by atoms with Crippen LogP contribution in [0, 0.1) is 5.82 Å². The molecule has 0 heterocycles. The number of carbonyl (C=O) groups excluding carboxylic acids is 2. The van der Waals surface area contributed by atoms with E-state index in [2.05, 4.69) is 10.6 Å². The summed E-state index contributed by atoms with van der Waals surface area (Å²) in [6.45, 7) is 0.434. The van der Waals surface area contributed by atoms with E-state index < -0.39 is 23.8 Å². The molecule has 0 aliphatic carbocycles. The first-order valence-electron chi connectivity index (χ1n) is 9.09. The van der Waals surface area contributed by atoms with Gasteiger partial charge in [-0.05, 0) is 50.0 Å². The molecule has 8 heteroatoms. The van der Waals surface area contributed by atoms with Crippen molar-refractivity contribution in [2.75, 3.05) is 33.1 Å². The van der Waals surface area contributed by atoms with Gasteiger partial charge in [0.2, 0.25) is 0 Å². The molecule has 156 valence electrons. The van der Waals surface area contributed by atoms with Crippen molar-refractivity contribution >= 4 is 29.6 Å². The van der Waals surface area contributed by atoms with E-state index in [4.69, 9.17) is 16.3 Å². The van der Waals surface area contributed by atoms with Crippen LogP contribution in [-0.2, 0) is 4.79 Å². The molecular formula is C21H25ClFN3O3. The number of likely N-dealkylation sites (N-methyl/N-ethyl adjacent to an activating group) is 1. The van der Waals surface area contributed by atoms with Crippen molar-refractivity contribution < 1.29 is 18.7 Å². The molecule has 0 fully saturated rings. The molecule has 0 saturated heterocycles. The molecule has 2 N–H and O–H groups in total. The molecule has 2 rings (SSSR count). The third-order valence-corrected chi connectivity index (χ3v) is 4.68. The second-order valence-electron chi connectivity index (χ2n) is 6.87. The standard InChI is InChI=1S/C21H25ClFN3O3/c1-26(2)13-18(17-9-8-16(29-3)12-19(17)23)20(10-11-27)25-21(28)24-15-6-4-14(22)5-7-15/h4-9,11-12,18,20H,10,13H2,1-3H3,(H2,24,25,28). The van der Waals surface area contributed by atoms with E-state index in [1.807, 2.05) is 19.0 Å². The Morgan fingerprint density at radius 2 is 1.93 bits per heavy atom. The highest BCUT2D eigenvalue weighted by atomic mass is 35.5. The Labute approximate surface area is 175 Å². The van der Waals surface area contributed by atoms with Crippen LogP contribution in [0.25, 0.3) is 0 Å². The Bertz CT molecular complexity index is 830. The normalized spacial score (nSPS) is 12.9. The van der Waals surface area contributed by atoms with E-state index in [9.17, 15) is 14.0 Å². The lowest BCUT2D eigenvalue weighted by molar-refractivity contribution is -0.108. The van der Waals surface area contributed by atoms with Crippen molar-refractivity contribution in [2.24, 2.45) is 0 Å². The van der Waals surface area contributed by atoms with Gasteiger partial charge in [0.25, 0.3) is 0 Å². The number of carbonyl (C=O) groups is 2. The van der Waals surface area contributed by atoms with Crippen molar-refractivity contribution in [1.29, 1.82) is 0 Å². The molecule has 0 radical (unpaired) electrons.